The third kappa shape index (κ3) is 5.64. The summed E-state index contributed by atoms with van der Waals surface area (Å²) >= 11 is 1.29. The second-order valence-corrected chi connectivity index (χ2v) is 8.87. The molecule has 1 aliphatic heterocycles. The summed E-state index contributed by atoms with van der Waals surface area (Å²) in [6.07, 6.45) is 0. The first-order valence-electron chi connectivity index (χ1n) is 11.6. The van der Waals surface area contributed by atoms with E-state index in [9.17, 15) is 4.79 Å². The zero-order valence-corrected chi connectivity index (χ0v) is 20.8. The number of carbonyl (C=O) groups is 1. The van der Waals surface area contributed by atoms with Crippen LogP contribution in [0.15, 0.2) is 58.2 Å². The lowest BCUT2D eigenvalue weighted by atomic mass is 10.2. The molecular weight excluding hydrogens is 450 g/mol. The molecule has 4 rings (SSSR count). The van der Waals surface area contributed by atoms with E-state index in [0.717, 1.165) is 43.2 Å². The van der Waals surface area contributed by atoms with Crippen molar-refractivity contribution in [2.75, 3.05) is 61.9 Å². The van der Waals surface area contributed by atoms with E-state index in [1.54, 1.807) is 7.11 Å². The smallest absolute Gasteiger partial charge is 0.277 e. The van der Waals surface area contributed by atoms with Gasteiger partial charge < -0.3 is 23.9 Å². The van der Waals surface area contributed by atoms with Crippen LogP contribution >= 0.6 is 11.8 Å². The maximum Gasteiger partial charge on any atom is 0.277 e. The highest BCUT2D eigenvalue weighted by Crippen LogP contribution is 2.26. The van der Waals surface area contributed by atoms with Gasteiger partial charge in [0.05, 0.1) is 12.9 Å². The highest BCUT2D eigenvalue weighted by molar-refractivity contribution is 7.99. The standard InChI is InChI=1S/C25H31N5O3S/c1-4-28(5-2)20-8-6-19(7-9-20)24-26-27-25(33-24)34-18-23(31)30-16-14-29(15-17-30)21-10-12-22(32-3)13-11-21/h6-13H,4-5,14-18H2,1-3H3. The van der Waals surface area contributed by atoms with Gasteiger partial charge in [-0.1, -0.05) is 11.8 Å². The number of thioether (sulfide) groups is 1. The topological polar surface area (TPSA) is 74.9 Å². The first-order valence-corrected chi connectivity index (χ1v) is 12.6. The second-order valence-electron chi connectivity index (χ2n) is 7.95. The van der Waals surface area contributed by atoms with Gasteiger partial charge in [0.1, 0.15) is 5.75 Å². The average molecular weight is 482 g/mol. The van der Waals surface area contributed by atoms with Gasteiger partial charge in [0.2, 0.25) is 11.8 Å². The summed E-state index contributed by atoms with van der Waals surface area (Å²) in [7, 11) is 1.66. The van der Waals surface area contributed by atoms with Gasteiger partial charge in [0.25, 0.3) is 5.22 Å². The van der Waals surface area contributed by atoms with E-state index < -0.39 is 0 Å². The zero-order chi connectivity index (χ0) is 23.9. The van der Waals surface area contributed by atoms with Crippen LogP contribution in [0.4, 0.5) is 11.4 Å². The summed E-state index contributed by atoms with van der Waals surface area (Å²) in [5.74, 6) is 1.68. The number of piperazine rings is 1. The molecule has 1 aromatic heterocycles. The number of rotatable bonds is 9. The van der Waals surface area contributed by atoms with Crippen molar-refractivity contribution in [2.24, 2.45) is 0 Å². The summed E-state index contributed by atoms with van der Waals surface area (Å²) < 4.78 is 11.0. The molecule has 1 aliphatic rings. The molecule has 34 heavy (non-hydrogen) atoms. The first kappa shape index (κ1) is 23.9. The maximum atomic E-state index is 12.7. The van der Waals surface area contributed by atoms with Gasteiger partial charge in [-0.05, 0) is 62.4 Å². The van der Waals surface area contributed by atoms with Crippen LogP contribution < -0.4 is 14.5 Å². The molecule has 2 heterocycles. The van der Waals surface area contributed by atoms with Crippen molar-refractivity contribution in [2.45, 2.75) is 19.1 Å². The summed E-state index contributed by atoms with van der Waals surface area (Å²) in [6.45, 7) is 9.19. The van der Waals surface area contributed by atoms with Crippen LogP contribution in [0.25, 0.3) is 11.5 Å². The van der Waals surface area contributed by atoms with E-state index in [-0.39, 0.29) is 11.7 Å². The third-order valence-corrected chi connectivity index (χ3v) is 6.84. The molecule has 0 radical (unpaired) electrons. The van der Waals surface area contributed by atoms with Crippen molar-refractivity contribution in [3.8, 4) is 17.2 Å². The summed E-state index contributed by atoms with van der Waals surface area (Å²) in [5, 5.41) is 8.68. The second kappa shape index (κ2) is 11.3. The van der Waals surface area contributed by atoms with E-state index in [4.69, 9.17) is 9.15 Å². The van der Waals surface area contributed by atoms with Crippen molar-refractivity contribution in [1.29, 1.82) is 0 Å². The summed E-state index contributed by atoms with van der Waals surface area (Å²) in [5.41, 5.74) is 3.18. The largest absolute Gasteiger partial charge is 0.497 e. The lowest BCUT2D eigenvalue weighted by molar-refractivity contribution is -0.128. The lowest BCUT2D eigenvalue weighted by Gasteiger charge is -2.36. The Bertz CT molecular complexity index is 1060. The van der Waals surface area contributed by atoms with Crippen LogP contribution in [-0.2, 0) is 4.79 Å². The van der Waals surface area contributed by atoms with Crippen LogP contribution in [0.1, 0.15) is 13.8 Å². The predicted molar refractivity (Wildman–Crippen MR) is 136 cm³/mol. The lowest BCUT2D eigenvalue weighted by Crippen LogP contribution is -2.49. The third-order valence-electron chi connectivity index (χ3n) is 6.04. The highest BCUT2D eigenvalue weighted by atomic mass is 32.2. The number of methoxy groups -OCH3 is 1. The monoisotopic (exact) mass is 481 g/mol. The first-order chi connectivity index (χ1) is 16.6. The quantitative estimate of drug-likeness (QED) is 0.424. The molecule has 0 saturated carbocycles. The van der Waals surface area contributed by atoms with Gasteiger partial charge in [-0.25, -0.2) is 0 Å². The van der Waals surface area contributed by atoms with E-state index in [0.29, 0.717) is 24.2 Å². The Morgan fingerprint density at radius 3 is 2.29 bits per heavy atom. The minimum absolute atomic E-state index is 0.0858. The van der Waals surface area contributed by atoms with E-state index in [1.807, 2.05) is 29.2 Å². The van der Waals surface area contributed by atoms with Gasteiger partial charge in [-0.3, -0.25) is 4.79 Å². The number of benzene rings is 2. The van der Waals surface area contributed by atoms with E-state index in [1.165, 1.54) is 17.4 Å². The number of anilines is 2. The van der Waals surface area contributed by atoms with E-state index in [2.05, 4.69) is 58.1 Å². The van der Waals surface area contributed by atoms with Crippen LogP contribution in [0.3, 0.4) is 0 Å². The van der Waals surface area contributed by atoms with Gasteiger partial charge in [-0.15, -0.1) is 10.2 Å². The minimum Gasteiger partial charge on any atom is -0.497 e. The van der Waals surface area contributed by atoms with Crippen molar-refractivity contribution in [1.82, 2.24) is 15.1 Å². The molecule has 0 spiro atoms. The van der Waals surface area contributed by atoms with Crippen LogP contribution in [0, 0.1) is 0 Å². The van der Waals surface area contributed by atoms with Gasteiger partial charge in [0.15, 0.2) is 0 Å². The molecule has 0 unspecified atom stereocenters. The molecule has 0 atom stereocenters. The SMILES string of the molecule is CCN(CC)c1ccc(-c2nnc(SCC(=O)N3CCN(c4ccc(OC)cc4)CC3)o2)cc1. The molecule has 8 nitrogen and oxygen atoms in total. The number of amides is 1. The van der Waals surface area contributed by atoms with Crippen molar-refractivity contribution in [3.05, 3.63) is 48.5 Å². The Balaban J connectivity index is 1.26. The minimum atomic E-state index is 0.0858. The maximum absolute atomic E-state index is 12.7. The Kier molecular flexibility index (Phi) is 7.95. The number of hydrogen-bond donors (Lipinski definition) is 0. The molecular formula is C25H31N5O3S. The molecule has 1 saturated heterocycles. The molecule has 0 aliphatic carbocycles. The number of nitrogens with zero attached hydrogens (tertiary/aromatic N) is 5. The molecule has 1 amide bonds. The number of carbonyl (C=O) groups excluding carboxylic acids is 1. The van der Waals surface area contributed by atoms with Crippen molar-refractivity contribution >= 4 is 29.0 Å². The molecule has 9 heteroatoms. The van der Waals surface area contributed by atoms with Gasteiger partial charge in [-0.2, -0.15) is 0 Å². The summed E-state index contributed by atoms with van der Waals surface area (Å²) in [6, 6.07) is 16.1. The molecule has 1 fully saturated rings. The number of ether oxygens (including phenoxy) is 1. The fourth-order valence-corrected chi connectivity index (χ4v) is 4.68. The van der Waals surface area contributed by atoms with E-state index >= 15 is 0 Å². The predicted octanol–water partition coefficient (Wildman–Crippen LogP) is 4.03. The Morgan fingerprint density at radius 2 is 1.68 bits per heavy atom. The molecule has 0 bridgehead atoms. The number of aromatic nitrogens is 2. The molecule has 2 aromatic carbocycles. The Labute approximate surface area is 204 Å². The molecule has 180 valence electrons. The van der Waals surface area contributed by atoms with Crippen LogP contribution in [-0.4, -0.2) is 73.1 Å². The Morgan fingerprint density at radius 1 is 1.00 bits per heavy atom. The fourth-order valence-electron chi connectivity index (χ4n) is 4.01. The van der Waals surface area contributed by atoms with Gasteiger partial charge in [0, 0.05) is 56.2 Å². The highest BCUT2D eigenvalue weighted by Gasteiger charge is 2.22. The van der Waals surface area contributed by atoms with Crippen molar-refractivity contribution < 1.29 is 13.9 Å². The van der Waals surface area contributed by atoms with Crippen molar-refractivity contribution in [3.63, 3.8) is 0 Å². The average Bonchev–Trinajstić information content (AvgIpc) is 3.38. The van der Waals surface area contributed by atoms with Crippen LogP contribution in [0.2, 0.25) is 0 Å². The summed E-state index contributed by atoms with van der Waals surface area (Å²) in [4.78, 5) is 19.2. The van der Waals surface area contributed by atoms with Gasteiger partial charge >= 0.3 is 0 Å². The molecule has 0 N–H and O–H groups in total. The van der Waals surface area contributed by atoms with Crippen LogP contribution in [0.5, 0.6) is 5.75 Å². The Hall–Kier alpha value is -3.20. The fraction of sp³-hybridized carbons (Fsp3) is 0.400. The number of hydrogen-bond acceptors (Lipinski definition) is 8. The zero-order valence-electron chi connectivity index (χ0n) is 19.9. The molecule has 3 aromatic rings. The normalized spacial score (nSPS) is 13.7.